The first-order valence-corrected chi connectivity index (χ1v) is 10.7. The second-order valence-electron chi connectivity index (χ2n) is 7.04. The Morgan fingerprint density at radius 2 is 1.83 bits per heavy atom. The van der Waals surface area contributed by atoms with E-state index in [1.807, 2.05) is 55.6 Å². The fourth-order valence-corrected chi connectivity index (χ4v) is 4.25. The van der Waals surface area contributed by atoms with Crippen molar-refractivity contribution in [3.8, 4) is 11.5 Å². The van der Waals surface area contributed by atoms with Crippen LogP contribution in [0.2, 0.25) is 0 Å². The van der Waals surface area contributed by atoms with Crippen LogP contribution in [0.5, 0.6) is 11.5 Å². The number of thioether (sulfide) groups is 1. The minimum Gasteiger partial charge on any atom is -0.457 e. The predicted octanol–water partition coefficient (Wildman–Crippen LogP) is 3.37. The van der Waals surface area contributed by atoms with E-state index in [-0.39, 0.29) is 24.5 Å². The summed E-state index contributed by atoms with van der Waals surface area (Å²) in [6.45, 7) is 0.712. The molecule has 1 N–H and O–H groups in total. The summed E-state index contributed by atoms with van der Waals surface area (Å²) >= 11 is 6.26. The number of likely N-dealkylation sites (N-methyl/N-ethyl adjacent to an activating group) is 1. The first kappa shape index (κ1) is 20.6. The lowest BCUT2D eigenvalue weighted by atomic mass is 10.0. The van der Waals surface area contributed by atoms with E-state index >= 15 is 0 Å². The molecule has 2 fully saturated rings. The molecule has 1 unspecified atom stereocenters. The third-order valence-electron chi connectivity index (χ3n) is 4.93. The molecule has 0 spiro atoms. The molecule has 8 heteroatoms. The summed E-state index contributed by atoms with van der Waals surface area (Å²) in [4.78, 5) is 25.8. The molecule has 2 aromatic rings. The molecular weight excluding hydrogens is 420 g/mol. The van der Waals surface area contributed by atoms with Crippen LogP contribution in [0.25, 0.3) is 6.08 Å². The Morgan fingerprint density at radius 1 is 1.17 bits per heavy atom. The van der Waals surface area contributed by atoms with E-state index in [9.17, 15) is 9.59 Å². The third-order valence-corrected chi connectivity index (χ3v) is 6.09. The Hall–Kier alpha value is -2.68. The van der Waals surface area contributed by atoms with Crippen LogP contribution in [-0.4, -0.2) is 47.3 Å². The van der Waals surface area contributed by atoms with E-state index in [1.54, 1.807) is 11.0 Å². The van der Waals surface area contributed by atoms with Crippen LogP contribution in [0.4, 0.5) is 0 Å². The van der Waals surface area contributed by atoms with E-state index in [2.05, 4.69) is 5.32 Å². The number of nitrogens with zero attached hydrogens (tertiary/aromatic N) is 1. The summed E-state index contributed by atoms with van der Waals surface area (Å²) in [6.07, 6.45) is 2.54. The second-order valence-corrected chi connectivity index (χ2v) is 8.76. The van der Waals surface area contributed by atoms with Gasteiger partial charge in [0.1, 0.15) is 22.4 Å². The summed E-state index contributed by atoms with van der Waals surface area (Å²) in [5.74, 6) is 1.28. The van der Waals surface area contributed by atoms with Gasteiger partial charge in [0.05, 0.1) is 17.6 Å². The standard InChI is InChI=1S/C22H20N2O4S2/c1-24-16(12-27-13-20(24)25)10-14-2-6-17(7-3-14)28-18-8-4-15(5-9-18)11-19-21(26)23-22(29)30-19/h2-9,11,16H,10,12-13H2,1H3,(H,23,26,29). The lowest BCUT2D eigenvalue weighted by Gasteiger charge is -2.32. The average molecular weight is 441 g/mol. The Labute approximate surface area is 184 Å². The van der Waals surface area contributed by atoms with Crippen molar-refractivity contribution in [3.63, 3.8) is 0 Å². The number of hydrogen-bond donors (Lipinski definition) is 1. The molecule has 1 atom stereocenters. The molecule has 2 aliphatic rings. The molecule has 2 amide bonds. The van der Waals surface area contributed by atoms with Gasteiger partial charge in [0.2, 0.25) is 5.91 Å². The van der Waals surface area contributed by atoms with Gasteiger partial charge in [-0.05, 0) is 47.9 Å². The van der Waals surface area contributed by atoms with Gasteiger partial charge in [-0.25, -0.2) is 0 Å². The van der Waals surface area contributed by atoms with Crippen LogP contribution in [0.15, 0.2) is 53.4 Å². The zero-order valence-electron chi connectivity index (χ0n) is 16.3. The summed E-state index contributed by atoms with van der Waals surface area (Å²) in [5, 5.41) is 2.60. The summed E-state index contributed by atoms with van der Waals surface area (Å²) < 4.78 is 11.7. The highest BCUT2D eigenvalue weighted by Gasteiger charge is 2.25. The molecule has 2 aromatic carbocycles. The molecular formula is C22H20N2O4S2. The molecule has 2 heterocycles. The maximum Gasteiger partial charge on any atom is 0.263 e. The highest BCUT2D eigenvalue weighted by atomic mass is 32.2. The Bertz CT molecular complexity index is 1000. The maximum atomic E-state index is 11.8. The molecule has 2 aliphatic heterocycles. The van der Waals surface area contributed by atoms with Gasteiger partial charge < -0.3 is 19.7 Å². The summed E-state index contributed by atoms with van der Waals surface area (Å²) in [5.41, 5.74) is 2.01. The van der Waals surface area contributed by atoms with Crippen molar-refractivity contribution in [2.75, 3.05) is 20.3 Å². The smallest absolute Gasteiger partial charge is 0.263 e. The van der Waals surface area contributed by atoms with Crippen molar-refractivity contribution in [1.29, 1.82) is 0 Å². The third kappa shape index (κ3) is 4.89. The van der Waals surface area contributed by atoms with Gasteiger partial charge in [0.15, 0.2) is 0 Å². The van der Waals surface area contributed by atoms with Crippen molar-refractivity contribution >= 4 is 46.2 Å². The minimum absolute atomic E-state index is 0.0140. The van der Waals surface area contributed by atoms with Gasteiger partial charge in [-0.15, -0.1) is 0 Å². The van der Waals surface area contributed by atoms with Gasteiger partial charge in [-0.1, -0.05) is 48.2 Å². The summed E-state index contributed by atoms with van der Waals surface area (Å²) in [7, 11) is 1.82. The number of rotatable bonds is 5. The molecule has 0 radical (unpaired) electrons. The van der Waals surface area contributed by atoms with E-state index in [0.29, 0.717) is 21.6 Å². The summed E-state index contributed by atoms with van der Waals surface area (Å²) in [6, 6.07) is 15.4. The van der Waals surface area contributed by atoms with Gasteiger partial charge in [0, 0.05) is 7.05 Å². The van der Waals surface area contributed by atoms with Crippen LogP contribution in [-0.2, 0) is 20.7 Å². The van der Waals surface area contributed by atoms with Crippen LogP contribution in [0, 0.1) is 0 Å². The van der Waals surface area contributed by atoms with Crippen molar-refractivity contribution in [3.05, 3.63) is 64.6 Å². The number of nitrogens with one attached hydrogen (secondary N) is 1. The largest absolute Gasteiger partial charge is 0.457 e. The lowest BCUT2D eigenvalue weighted by molar-refractivity contribution is -0.145. The van der Waals surface area contributed by atoms with Crippen molar-refractivity contribution in [2.45, 2.75) is 12.5 Å². The van der Waals surface area contributed by atoms with Gasteiger partial charge in [-0.2, -0.15) is 0 Å². The Morgan fingerprint density at radius 3 is 2.47 bits per heavy atom. The van der Waals surface area contributed by atoms with E-state index in [4.69, 9.17) is 21.7 Å². The van der Waals surface area contributed by atoms with Crippen LogP contribution in [0.1, 0.15) is 11.1 Å². The molecule has 30 heavy (non-hydrogen) atoms. The number of carbonyl (C=O) groups excluding carboxylic acids is 2. The minimum atomic E-state index is -0.166. The Kier molecular flexibility index (Phi) is 6.17. The molecule has 4 rings (SSSR count). The fraction of sp³-hybridized carbons (Fsp3) is 0.227. The van der Waals surface area contributed by atoms with Crippen LogP contribution in [0.3, 0.4) is 0 Å². The average Bonchev–Trinajstić information content (AvgIpc) is 3.05. The zero-order valence-corrected chi connectivity index (χ0v) is 17.9. The van der Waals surface area contributed by atoms with Crippen molar-refractivity contribution in [2.24, 2.45) is 0 Å². The topological polar surface area (TPSA) is 67.9 Å². The van der Waals surface area contributed by atoms with Crippen molar-refractivity contribution < 1.29 is 19.1 Å². The predicted molar refractivity (Wildman–Crippen MR) is 120 cm³/mol. The SMILES string of the molecule is CN1C(=O)COCC1Cc1ccc(Oc2ccc(C=C3SC(=S)NC3=O)cc2)cc1. The molecule has 154 valence electrons. The lowest BCUT2D eigenvalue weighted by Crippen LogP contribution is -2.47. The number of carbonyl (C=O) groups is 2. The van der Waals surface area contributed by atoms with Gasteiger partial charge in [-0.3, -0.25) is 9.59 Å². The molecule has 0 bridgehead atoms. The second kappa shape index (κ2) is 8.99. The number of morpholine rings is 1. The van der Waals surface area contributed by atoms with E-state index in [1.165, 1.54) is 11.8 Å². The first-order valence-electron chi connectivity index (χ1n) is 9.43. The fourth-order valence-electron chi connectivity index (χ4n) is 3.20. The number of thiocarbonyl (C=S) groups is 1. The quantitative estimate of drug-likeness (QED) is 0.568. The molecule has 0 aliphatic carbocycles. The zero-order chi connectivity index (χ0) is 21.1. The van der Waals surface area contributed by atoms with Gasteiger partial charge >= 0.3 is 0 Å². The monoisotopic (exact) mass is 440 g/mol. The molecule has 2 saturated heterocycles. The van der Waals surface area contributed by atoms with Crippen LogP contribution < -0.4 is 10.1 Å². The van der Waals surface area contributed by atoms with Crippen LogP contribution >= 0.6 is 24.0 Å². The van der Waals surface area contributed by atoms with Crippen molar-refractivity contribution in [1.82, 2.24) is 10.2 Å². The number of benzene rings is 2. The van der Waals surface area contributed by atoms with E-state index in [0.717, 1.165) is 23.3 Å². The first-order chi connectivity index (χ1) is 14.5. The highest BCUT2D eigenvalue weighted by molar-refractivity contribution is 8.26. The highest BCUT2D eigenvalue weighted by Crippen LogP contribution is 2.27. The maximum absolute atomic E-state index is 11.8. The number of ether oxygens (including phenoxy) is 2. The number of hydrogen-bond acceptors (Lipinski definition) is 6. The number of amides is 2. The molecule has 6 nitrogen and oxygen atoms in total. The molecule has 0 saturated carbocycles. The molecule has 0 aromatic heterocycles. The van der Waals surface area contributed by atoms with Gasteiger partial charge in [0.25, 0.3) is 5.91 Å². The normalized spacial score (nSPS) is 20.6. The van der Waals surface area contributed by atoms with E-state index < -0.39 is 0 Å². The Balaban J connectivity index is 1.36.